The van der Waals surface area contributed by atoms with Crippen molar-refractivity contribution >= 4 is 34.3 Å². The SMILES string of the molecule is COc1cc2cc3c(cc2cc1OCCCCCCN1CCN(c2ccccc2)CC1)C(=O)N1CCC[C@H]1C=N3. The lowest BCUT2D eigenvalue weighted by Gasteiger charge is -2.36. The van der Waals surface area contributed by atoms with E-state index in [2.05, 4.69) is 45.1 Å². The smallest absolute Gasteiger partial charge is 0.256 e. The fraction of sp³-hybridized carbons (Fsp3) is 0.455. The molecule has 1 atom stereocenters. The second-order valence-electron chi connectivity index (χ2n) is 11.1. The molecule has 3 aromatic rings. The Bertz CT molecular complexity index is 1350. The van der Waals surface area contributed by atoms with Crippen molar-refractivity contribution in [3.8, 4) is 11.5 Å². The van der Waals surface area contributed by atoms with Crippen LogP contribution in [0.25, 0.3) is 10.8 Å². The average Bonchev–Trinajstić information content (AvgIpc) is 3.43. The van der Waals surface area contributed by atoms with Crippen LogP contribution in [0.15, 0.2) is 59.6 Å². The van der Waals surface area contributed by atoms with Crippen LogP contribution in [0, 0.1) is 0 Å². The lowest BCUT2D eigenvalue weighted by molar-refractivity contribution is 0.0775. The van der Waals surface area contributed by atoms with Crippen LogP contribution in [0.1, 0.15) is 48.9 Å². The van der Waals surface area contributed by atoms with Gasteiger partial charge in [0.05, 0.1) is 31.0 Å². The molecule has 6 rings (SSSR count). The molecule has 7 heteroatoms. The van der Waals surface area contributed by atoms with E-state index in [4.69, 9.17) is 9.47 Å². The fourth-order valence-electron chi connectivity index (χ4n) is 6.21. The van der Waals surface area contributed by atoms with Gasteiger partial charge in [-0.15, -0.1) is 0 Å². The van der Waals surface area contributed by atoms with Crippen LogP contribution in [0.3, 0.4) is 0 Å². The zero-order valence-corrected chi connectivity index (χ0v) is 23.6. The Kier molecular flexibility index (Phi) is 8.19. The number of fused-ring (bicyclic) bond motifs is 3. The van der Waals surface area contributed by atoms with Gasteiger partial charge in [0.25, 0.3) is 5.91 Å². The van der Waals surface area contributed by atoms with Gasteiger partial charge in [0.1, 0.15) is 0 Å². The largest absolute Gasteiger partial charge is 0.493 e. The van der Waals surface area contributed by atoms with Crippen LogP contribution in [0.2, 0.25) is 0 Å². The van der Waals surface area contributed by atoms with E-state index in [1.165, 1.54) is 25.1 Å². The summed E-state index contributed by atoms with van der Waals surface area (Å²) in [6.07, 6.45) is 8.55. The molecule has 1 amide bonds. The summed E-state index contributed by atoms with van der Waals surface area (Å²) in [5.41, 5.74) is 2.74. The van der Waals surface area contributed by atoms with Gasteiger partial charge in [-0.2, -0.15) is 0 Å². The lowest BCUT2D eigenvalue weighted by atomic mass is 10.0. The summed E-state index contributed by atoms with van der Waals surface area (Å²) >= 11 is 0. The first-order valence-electron chi connectivity index (χ1n) is 14.9. The molecule has 0 saturated carbocycles. The van der Waals surface area contributed by atoms with Crippen LogP contribution in [0.5, 0.6) is 11.5 Å². The van der Waals surface area contributed by atoms with Gasteiger partial charge in [0.15, 0.2) is 11.5 Å². The summed E-state index contributed by atoms with van der Waals surface area (Å²) in [7, 11) is 1.67. The summed E-state index contributed by atoms with van der Waals surface area (Å²) < 4.78 is 11.8. The maximum atomic E-state index is 13.2. The van der Waals surface area contributed by atoms with Gasteiger partial charge >= 0.3 is 0 Å². The lowest BCUT2D eigenvalue weighted by Crippen LogP contribution is -2.46. The highest BCUT2D eigenvalue weighted by Gasteiger charge is 2.31. The number of nitrogens with zero attached hydrogens (tertiary/aromatic N) is 4. The molecule has 3 aromatic carbocycles. The molecule has 2 fully saturated rings. The standard InChI is InChI=1S/C33H40N4O3/c1-39-31-22-26-21-30-29(33(38)37-14-9-12-28(37)24-34-30)20-25(26)23-32(31)40-19-8-3-2-7-13-35-15-17-36(18-16-35)27-10-5-4-6-11-27/h4-6,10-11,20-24,28H,2-3,7-9,12-19H2,1H3/t28-/m0/s1. The molecule has 0 bridgehead atoms. The zero-order chi connectivity index (χ0) is 27.3. The summed E-state index contributed by atoms with van der Waals surface area (Å²) in [5, 5.41) is 1.97. The van der Waals surface area contributed by atoms with Gasteiger partial charge < -0.3 is 19.3 Å². The molecule has 2 saturated heterocycles. The number of unbranched alkanes of at least 4 members (excludes halogenated alkanes) is 3. The number of aliphatic imine (C=N–C) groups is 1. The molecule has 210 valence electrons. The molecule has 3 aliphatic rings. The Morgan fingerprint density at radius 1 is 0.875 bits per heavy atom. The maximum absolute atomic E-state index is 13.2. The first-order valence-corrected chi connectivity index (χ1v) is 14.9. The van der Waals surface area contributed by atoms with E-state index in [1.807, 2.05) is 35.4 Å². The molecule has 0 aliphatic carbocycles. The number of carbonyl (C=O) groups excluding carboxylic acids is 1. The van der Waals surface area contributed by atoms with Crippen molar-refractivity contribution in [2.24, 2.45) is 4.99 Å². The summed E-state index contributed by atoms with van der Waals surface area (Å²) in [6, 6.07) is 18.8. The molecule has 7 nitrogen and oxygen atoms in total. The Labute approximate surface area is 237 Å². The van der Waals surface area contributed by atoms with E-state index < -0.39 is 0 Å². The first kappa shape index (κ1) is 26.6. The van der Waals surface area contributed by atoms with Gasteiger partial charge in [-0.25, -0.2) is 0 Å². The predicted octanol–water partition coefficient (Wildman–Crippen LogP) is 5.93. The molecule has 0 unspecified atom stereocenters. The number of methoxy groups -OCH3 is 1. The predicted molar refractivity (Wildman–Crippen MR) is 162 cm³/mol. The molecule has 3 aliphatic heterocycles. The number of ether oxygens (including phenoxy) is 2. The number of benzene rings is 3. The third kappa shape index (κ3) is 5.80. The molecule has 3 heterocycles. The number of hydrogen-bond acceptors (Lipinski definition) is 6. The highest BCUT2D eigenvalue weighted by Crippen LogP contribution is 2.37. The van der Waals surface area contributed by atoms with Crippen LogP contribution < -0.4 is 14.4 Å². The van der Waals surface area contributed by atoms with Crippen molar-refractivity contribution in [3.63, 3.8) is 0 Å². The Balaban J connectivity index is 0.975. The Hall–Kier alpha value is -3.58. The number of amides is 1. The van der Waals surface area contributed by atoms with Crippen LogP contribution in [-0.4, -0.2) is 80.9 Å². The van der Waals surface area contributed by atoms with Crippen LogP contribution >= 0.6 is 0 Å². The van der Waals surface area contributed by atoms with Gasteiger partial charge in [-0.3, -0.25) is 14.7 Å². The van der Waals surface area contributed by atoms with Crippen molar-refractivity contribution in [3.05, 3.63) is 60.2 Å². The van der Waals surface area contributed by atoms with E-state index in [-0.39, 0.29) is 11.9 Å². The van der Waals surface area contributed by atoms with Crippen molar-refractivity contribution in [1.29, 1.82) is 0 Å². The maximum Gasteiger partial charge on any atom is 0.256 e. The Morgan fingerprint density at radius 3 is 2.48 bits per heavy atom. The van der Waals surface area contributed by atoms with Gasteiger partial charge in [-0.05, 0) is 79.4 Å². The highest BCUT2D eigenvalue weighted by atomic mass is 16.5. The van der Waals surface area contributed by atoms with E-state index in [9.17, 15) is 4.79 Å². The molecule has 0 N–H and O–H groups in total. The third-order valence-electron chi connectivity index (χ3n) is 8.53. The fourth-order valence-corrected chi connectivity index (χ4v) is 6.21. The minimum absolute atomic E-state index is 0.0771. The molecular weight excluding hydrogens is 500 g/mol. The number of hydrogen-bond donors (Lipinski definition) is 0. The van der Waals surface area contributed by atoms with Crippen molar-refractivity contribution in [2.45, 2.75) is 44.6 Å². The Morgan fingerprint density at radius 2 is 1.65 bits per heavy atom. The molecule has 40 heavy (non-hydrogen) atoms. The van der Waals surface area contributed by atoms with Crippen molar-refractivity contribution in [1.82, 2.24) is 9.80 Å². The second-order valence-corrected chi connectivity index (χ2v) is 11.1. The highest BCUT2D eigenvalue weighted by molar-refractivity contribution is 6.07. The van der Waals surface area contributed by atoms with E-state index in [1.54, 1.807) is 7.11 Å². The second kappa shape index (κ2) is 12.3. The topological polar surface area (TPSA) is 57.6 Å². The number of piperazine rings is 1. The minimum atomic E-state index is 0.0771. The number of carbonyl (C=O) groups is 1. The minimum Gasteiger partial charge on any atom is -0.493 e. The molecule has 0 radical (unpaired) electrons. The monoisotopic (exact) mass is 540 g/mol. The molecule has 0 spiro atoms. The van der Waals surface area contributed by atoms with Gasteiger partial charge in [-0.1, -0.05) is 31.0 Å². The molecular formula is C33H40N4O3. The van der Waals surface area contributed by atoms with Crippen LogP contribution in [0.4, 0.5) is 11.4 Å². The normalized spacial score (nSPS) is 19.0. The summed E-state index contributed by atoms with van der Waals surface area (Å²) in [5.74, 6) is 1.52. The van der Waals surface area contributed by atoms with Gasteiger partial charge in [0, 0.05) is 44.6 Å². The zero-order valence-electron chi connectivity index (χ0n) is 23.6. The van der Waals surface area contributed by atoms with Gasteiger partial charge in [0.2, 0.25) is 0 Å². The summed E-state index contributed by atoms with van der Waals surface area (Å²) in [6.45, 7) is 7.12. The van der Waals surface area contributed by atoms with E-state index in [0.717, 1.165) is 80.6 Å². The number of anilines is 1. The summed E-state index contributed by atoms with van der Waals surface area (Å²) in [4.78, 5) is 24.9. The molecule has 0 aromatic heterocycles. The van der Waals surface area contributed by atoms with Crippen LogP contribution in [-0.2, 0) is 0 Å². The average molecular weight is 541 g/mol. The van der Waals surface area contributed by atoms with Crippen molar-refractivity contribution in [2.75, 3.05) is 57.9 Å². The quantitative estimate of drug-likeness (QED) is 0.298. The number of rotatable bonds is 10. The third-order valence-corrected chi connectivity index (χ3v) is 8.53. The van der Waals surface area contributed by atoms with Crippen molar-refractivity contribution < 1.29 is 14.3 Å². The van der Waals surface area contributed by atoms with E-state index >= 15 is 0 Å². The number of para-hydroxylation sites is 1. The first-order chi connectivity index (χ1) is 19.7. The van der Waals surface area contributed by atoms with E-state index in [0.29, 0.717) is 17.9 Å².